The second-order valence-corrected chi connectivity index (χ2v) is 7.08. The minimum absolute atomic E-state index is 0.183. The fraction of sp³-hybridized carbons (Fsp3) is 0.250. The van der Waals surface area contributed by atoms with Gasteiger partial charge in [0.25, 0.3) is 5.91 Å². The molecule has 3 rings (SSSR count). The third kappa shape index (κ3) is 5.13. The Morgan fingerprint density at radius 3 is 2.31 bits per heavy atom. The summed E-state index contributed by atoms with van der Waals surface area (Å²) in [7, 11) is 0. The summed E-state index contributed by atoms with van der Waals surface area (Å²) in [6.45, 7) is 10.3. The van der Waals surface area contributed by atoms with Crippen LogP contribution >= 0.6 is 0 Å². The van der Waals surface area contributed by atoms with Gasteiger partial charge in [0.05, 0.1) is 17.4 Å². The molecule has 0 atom stereocenters. The molecule has 1 aromatic heterocycles. The lowest BCUT2D eigenvalue weighted by Crippen LogP contribution is -2.21. The molecule has 0 bridgehead atoms. The molecule has 3 aromatic rings. The van der Waals surface area contributed by atoms with E-state index in [4.69, 9.17) is 0 Å². The first kappa shape index (κ1) is 20.4. The first-order chi connectivity index (χ1) is 14.0. The predicted molar refractivity (Wildman–Crippen MR) is 121 cm³/mol. The summed E-state index contributed by atoms with van der Waals surface area (Å²) in [6.07, 6.45) is 3.29. The number of hydrogen-bond donors (Lipinski definition) is 2. The van der Waals surface area contributed by atoms with Crippen molar-refractivity contribution >= 4 is 28.7 Å². The van der Waals surface area contributed by atoms with Crippen LogP contribution in [0.15, 0.2) is 60.9 Å². The Bertz CT molecular complexity index is 978. The summed E-state index contributed by atoms with van der Waals surface area (Å²) in [5.74, 6) is -0.183. The zero-order valence-electron chi connectivity index (χ0n) is 17.5. The summed E-state index contributed by atoms with van der Waals surface area (Å²) in [5, 5.41) is 6.29. The Labute approximate surface area is 172 Å². The van der Waals surface area contributed by atoms with Gasteiger partial charge < -0.3 is 15.5 Å². The second kappa shape index (κ2) is 9.24. The fourth-order valence-electron chi connectivity index (χ4n) is 3.29. The number of pyridine rings is 1. The van der Waals surface area contributed by atoms with Gasteiger partial charge in [-0.25, -0.2) is 0 Å². The molecule has 0 radical (unpaired) electrons. The minimum atomic E-state index is -0.183. The molecule has 5 nitrogen and oxygen atoms in total. The van der Waals surface area contributed by atoms with Crippen molar-refractivity contribution < 1.29 is 4.79 Å². The van der Waals surface area contributed by atoms with Crippen LogP contribution in [0.25, 0.3) is 0 Å². The zero-order valence-corrected chi connectivity index (χ0v) is 17.5. The Hall–Kier alpha value is -3.34. The molecule has 0 saturated carbocycles. The molecule has 0 aliphatic rings. The van der Waals surface area contributed by atoms with E-state index < -0.39 is 0 Å². The van der Waals surface area contributed by atoms with E-state index >= 15 is 0 Å². The predicted octanol–water partition coefficient (Wildman–Crippen LogP) is 5.54. The lowest BCUT2D eigenvalue weighted by Gasteiger charge is -2.21. The van der Waals surface area contributed by atoms with Gasteiger partial charge in [-0.05, 0) is 69.7 Å². The first-order valence-corrected chi connectivity index (χ1v) is 9.95. The molecular weight excluding hydrogens is 360 g/mol. The quantitative estimate of drug-likeness (QED) is 0.558. The van der Waals surface area contributed by atoms with Gasteiger partial charge in [-0.2, -0.15) is 0 Å². The van der Waals surface area contributed by atoms with Crippen LogP contribution in [0.2, 0.25) is 0 Å². The second-order valence-electron chi connectivity index (χ2n) is 7.08. The number of hydrogen-bond acceptors (Lipinski definition) is 4. The third-order valence-corrected chi connectivity index (χ3v) is 4.92. The monoisotopic (exact) mass is 388 g/mol. The summed E-state index contributed by atoms with van der Waals surface area (Å²) < 4.78 is 0. The van der Waals surface area contributed by atoms with E-state index in [9.17, 15) is 4.79 Å². The number of carbonyl (C=O) groups excluding carboxylic acids is 1. The molecule has 0 saturated heterocycles. The number of amides is 1. The van der Waals surface area contributed by atoms with Crippen molar-refractivity contribution in [3.63, 3.8) is 0 Å². The third-order valence-electron chi connectivity index (χ3n) is 4.92. The first-order valence-electron chi connectivity index (χ1n) is 9.95. The van der Waals surface area contributed by atoms with Crippen LogP contribution in [0.1, 0.15) is 35.3 Å². The standard InChI is InChI=1S/C24H28N4O/c1-5-28(6-2)22-10-8-20(9-11-22)27-24(29)19-14-21(16-25-15-19)26-23-12-7-17(3)13-18(23)4/h7-16,26H,5-6H2,1-4H3,(H,27,29). The number of aryl methyl sites for hydroxylation is 2. The van der Waals surface area contributed by atoms with Crippen LogP contribution in [0, 0.1) is 13.8 Å². The van der Waals surface area contributed by atoms with Gasteiger partial charge in [-0.3, -0.25) is 9.78 Å². The Morgan fingerprint density at radius 1 is 0.931 bits per heavy atom. The Balaban J connectivity index is 1.70. The number of nitrogens with one attached hydrogen (secondary N) is 2. The summed E-state index contributed by atoms with van der Waals surface area (Å²) in [6, 6.07) is 15.9. The average molecular weight is 389 g/mol. The van der Waals surface area contributed by atoms with E-state index in [1.54, 1.807) is 12.4 Å². The van der Waals surface area contributed by atoms with E-state index in [1.165, 1.54) is 5.56 Å². The molecule has 150 valence electrons. The molecule has 0 unspecified atom stereocenters. The van der Waals surface area contributed by atoms with Crippen molar-refractivity contribution in [3.8, 4) is 0 Å². The fourth-order valence-corrected chi connectivity index (χ4v) is 3.29. The van der Waals surface area contributed by atoms with Crippen molar-refractivity contribution in [1.82, 2.24) is 4.98 Å². The largest absolute Gasteiger partial charge is 0.372 e. The van der Waals surface area contributed by atoms with E-state index in [1.807, 2.05) is 36.4 Å². The molecule has 29 heavy (non-hydrogen) atoms. The van der Waals surface area contributed by atoms with E-state index in [-0.39, 0.29) is 5.91 Å². The highest BCUT2D eigenvalue weighted by Gasteiger charge is 2.09. The summed E-state index contributed by atoms with van der Waals surface area (Å²) in [4.78, 5) is 19.2. The van der Waals surface area contributed by atoms with Crippen LogP contribution in [0.4, 0.5) is 22.7 Å². The van der Waals surface area contributed by atoms with Gasteiger partial charge >= 0.3 is 0 Å². The van der Waals surface area contributed by atoms with Gasteiger partial charge in [0, 0.05) is 36.3 Å². The molecule has 2 aromatic carbocycles. The van der Waals surface area contributed by atoms with Gasteiger partial charge in [-0.1, -0.05) is 17.7 Å². The van der Waals surface area contributed by atoms with Crippen LogP contribution in [-0.4, -0.2) is 24.0 Å². The molecule has 0 fully saturated rings. The minimum Gasteiger partial charge on any atom is -0.372 e. The van der Waals surface area contributed by atoms with E-state index in [0.717, 1.165) is 41.4 Å². The molecule has 1 heterocycles. The lowest BCUT2D eigenvalue weighted by atomic mass is 10.1. The number of rotatable bonds is 7. The molecule has 0 aliphatic heterocycles. The van der Waals surface area contributed by atoms with Crippen molar-refractivity contribution in [2.24, 2.45) is 0 Å². The maximum atomic E-state index is 12.7. The Kier molecular flexibility index (Phi) is 6.50. The molecular formula is C24H28N4O. The van der Waals surface area contributed by atoms with Crippen molar-refractivity contribution in [2.75, 3.05) is 28.6 Å². The summed E-state index contributed by atoms with van der Waals surface area (Å²) in [5.41, 5.74) is 6.56. The smallest absolute Gasteiger partial charge is 0.257 e. The number of carbonyl (C=O) groups is 1. The van der Waals surface area contributed by atoms with Crippen LogP contribution in [0.3, 0.4) is 0 Å². The van der Waals surface area contributed by atoms with Crippen LogP contribution in [-0.2, 0) is 0 Å². The Morgan fingerprint density at radius 2 is 1.66 bits per heavy atom. The lowest BCUT2D eigenvalue weighted by molar-refractivity contribution is 0.102. The van der Waals surface area contributed by atoms with Gasteiger partial charge in [0.15, 0.2) is 0 Å². The molecule has 0 spiro atoms. The van der Waals surface area contributed by atoms with E-state index in [2.05, 4.69) is 60.3 Å². The SMILES string of the molecule is CCN(CC)c1ccc(NC(=O)c2cncc(Nc3ccc(C)cc3C)c2)cc1. The van der Waals surface area contributed by atoms with Crippen LogP contribution < -0.4 is 15.5 Å². The maximum absolute atomic E-state index is 12.7. The van der Waals surface area contributed by atoms with Crippen molar-refractivity contribution in [1.29, 1.82) is 0 Å². The number of aromatic nitrogens is 1. The van der Waals surface area contributed by atoms with Crippen molar-refractivity contribution in [2.45, 2.75) is 27.7 Å². The van der Waals surface area contributed by atoms with Gasteiger partial charge in [0.1, 0.15) is 0 Å². The highest BCUT2D eigenvalue weighted by molar-refractivity contribution is 6.04. The van der Waals surface area contributed by atoms with Crippen LogP contribution in [0.5, 0.6) is 0 Å². The number of nitrogens with zero attached hydrogens (tertiary/aromatic N) is 2. The zero-order chi connectivity index (χ0) is 20.8. The molecule has 5 heteroatoms. The number of benzene rings is 2. The van der Waals surface area contributed by atoms with E-state index in [0.29, 0.717) is 5.56 Å². The molecule has 0 aliphatic carbocycles. The molecule has 2 N–H and O–H groups in total. The number of anilines is 4. The topological polar surface area (TPSA) is 57.3 Å². The highest BCUT2D eigenvalue weighted by atomic mass is 16.1. The van der Waals surface area contributed by atoms with Crippen molar-refractivity contribution in [3.05, 3.63) is 77.6 Å². The van der Waals surface area contributed by atoms with Gasteiger partial charge in [0.2, 0.25) is 0 Å². The van der Waals surface area contributed by atoms with Gasteiger partial charge in [-0.15, -0.1) is 0 Å². The normalized spacial score (nSPS) is 10.5. The average Bonchev–Trinajstić information content (AvgIpc) is 2.72. The summed E-state index contributed by atoms with van der Waals surface area (Å²) >= 11 is 0. The molecule has 1 amide bonds. The highest BCUT2D eigenvalue weighted by Crippen LogP contribution is 2.22. The maximum Gasteiger partial charge on any atom is 0.257 e.